The Morgan fingerprint density at radius 2 is 1.87 bits per heavy atom. The molecular weight excluding hydrogens is 436 g/mol. The van der Waals surface area contributed by atoms with Gasteiger partial charge in [0.15, 0.2) is 0 Å². The maximum atomic E-state index is 12.7. The van der Waals surface area contributed by atoms with Crippen molar-refractivity contribution in [3.8, 4) is 22.9 Å². The summed E-state index contributed by atoms with van der Waals surface area (Å²) in [5.41, 5.74) is 1.97. The fraction of sp³-hybridized carbons (Fsp3) is 0.0870. The quantitative estimate of drug-likeness (QED) is 0.292. The number of halogens is 1. The van der Waals surface area contributed by atoms with Crippen LogP contribution >= 0.6 is 22.9 Å². The van der Waals surface area contributed by atoms with Gasteiger partial charge in [0.05, 0.1) is 6.61 Å². The smallest absolute Gasteiger partial charge is 0.341 e. The van der Waals surface area contributed by atoms with Gasteiger partial charge in [0.2, 0.25) is 0 Å². The first-order valence-corrected chi connectivity index (χ1v) is 10.5. The molecule has 1 aromatic heterocycles. The Morgan fingerprint density at radius 3 is 2.48 bits per heavy atom. The first-order valence-electron chi connectivity index (χ1n) is 9.19. The molecule has 2 N–H and O–H groups in total. The summed E-state index contributed by atoms with van der Waals surface area (Å²) in [5.74, 6) is -1.16. The maximum Gasteiger partial charge on any atom is 0.341 e. The van der Waals surface area contributed by atoms with E-state index in [-0.39, 0.29) is 28.5 Å². The highest BCUT2D eigenvalue weighted by molar-refractivity contribution is 7.15. The number of carbonyl (C=O) groups excluding carboxylic acids is 2. The van der Waals surface area contributed by atoms with Gasteiger partial charge in [-0.2, -0.15) is 5.26 Å². The monoisotopic (exact) mass is 452 g/mol. The molecule has 6 nitrogen and oxygen atoms in total. The molecule has 31 heavy (non-hydrogen) atoms. The minimum absolute atomic E-state index is 0.0764. The molecule has 3 rings (SSSR count). The zero-order chi connectivity index (χ0) is 22.4. The molecule has 1 amide bonds. The zero-order valence-corrected chi connectivity index (χ0v) is 18.0. The van der Waals surface area contributed by atoms with Crippen LogP contribution in [0.2, 0.25) is 5.02 Å². The predicted octanol–water partition coefficient (Wildman–Crippen LogP) is 5.50. The number of hydrogen-bond donors (Lipinski definition) is 2. The van der Waals surface area contributed by atoms with Crippen molar-refractivity contribution >= 4 is 45.9 Å². The number of nitriles is 1. The van der Waals surface area contributed by atoms with Crippen LogP contribution in [0.25, 0.3) is 17.2 Å². The Balaban J connectivity index is 1.95. The van der Waals surface area contributed by atoms with Gasteiger partial charge in [-0.15, -0.1) is 11.3 Å². The van der Waals surface area contributed by atoms with Crippen molar-refractivity contribution < 1.29 is 19.4 Å². The van der Waals surface area contributed by atoms with Gasteiger partial charge >= 0.3 is 5.97 Å². The van der Waals surface area contributed by atoms with Crippen LogP contribution in [-0.2, 0) is 9.53 Å². The Hall–Kier alpha value is -3.60. The number of phenolic OH excluding ortho intramolecular Hbond substituents is 1. The predicted molar refractivity (Wildman–Crippen MR) is 121 cm³/mol. The summed E-state index contributed by atoms with van der Waals surface area (Å²) >= 11 is 7.11. The van der Waals surface area contributed by atoms with E-state index in [1.165, 1.54) is 18.2 Å². The van der Waals surface area contributed by atoms with Crippen LogP contribution in [0.5, 0.6) is 5.75 Å². The van der Waals surface area contributed by atoms with Crippen molar-refractivity contribution in [3.63, 3.8) is 0 Å². The Bertz CT molecular complexity index is 1180. The molecule has 0 bridgehead atoms. The molecular formula is C23H17ClN2O4S. The highest BCUT2D eigenvalue weighted by atomic mass is 35.5. The highest BCUT2D eigenvalue weighted by Crippen LogP contribution is 2.37. The minimum Gasteiger partial charge on any atom is -0.508 e. The SMILES string of the molecule is CCOC(=O)c1c(-c2ccc(Cl)cc2)csc1NC(=O)C(C#N)=Cc1ccc(O)cc1. The summed E-state index contributed by atoms with van der Waals surface area (Å²) in [4.78, 5) is 25.4. The number of aromatic hydroxyl groups is 1. The number of ether oxygens (including phenoxy) is 1. The average molecular weight is 453 g/mol. The van der Waals surface area contributed by atoms with E-state index in [0.29, 0.717) is 16.1 Å². The van der Waals surface area contributed by atoms with Gasteiger partial charge in [0.25, 0.3) is 5.91 Å². The summed E-state index contributed by atoms with van der Waals surface area (Å²) in [6.45, 7) is 1.87. The number of benzene rings is 2. The third-order valence-corrected chi connectivity index (χ3v) is 5.37. The fourth-order valence-corrected chi connectivity index (χ4v) is 3.83. The van der Waals surface area contributed by atoms with E-state index in [0.717, 1.165) is 16.9 Å². The van der Waals surface area contributed by atoms with Crippen molar-refractivity contribution in [1.82, 2.24) is 0 Å². The van der Waals surface area contributed by atoms with Gasteiger partial charge in [-0.25, -0.2) is 4.79 Å². The molecule has 0 spiro atoms. The van der Waals surface area contributed by atoms with Crippen LogP contribution in [0.3, 0.4) is 0 Å². The van der Waals surface area contributed by atoms with Gasteiger partial charge in [0.1, 0.15) is 28.0 Å². The Kier molecular flexibility index (Phi) is 7.08. The van der Waals surface area contributed by atoms with E-state index in [1.807, 2.05) is 6.07 Å². The third kappa shape index (κ3) is 5.31. The summed E-state index contributed by atoms with van der Waals surface area (Å²) < 4.78 is 5.18. The molecule has 156 valence electrons. The second kappa shape index (κ2) is 9.94. The number of amides is 1. The molecule has 0 unspecified atom stereocenters. The largest absolute Gasteiger partial charge is 0.508 e. The maximum absolute atomic E-state index is 12.7. The number of rotatable bonds is 6. The van der Waals surface area contributed by atoms with E-state index < -0.39 is 11.9 Å². The Labute approximate surface area is 188 Å². The zero-order valence-electron chi connectivity index (χ0n) is 16.4. The number of esters is 1. The van der Waals surface area contributed by atoms with Crippen molar-refractivity contribution in [2.45, 2.75) is 6.92 Å². The average Bonchev–Trinajstić information content (AvgIpc) is 3.17. The summed E-state index contributed by atoms with van der Waals surface area (Å²) in [6.07, 6.45) is 1.40. The number of phenols is 1. The van der Waals surface area contributed by atoms with E-state index in [2.05, 4.69) is 5.32 Å². The molecule has 1 heterocycles. The standard InChI is InChI=1S/C23H17ClN2O4S/c1-2-30-23(29)20-19(15-5-7-17(24)8-6-15)13-31-22(20)26-21(28)16(12-25)11-14-3-9-18(27)10-4-14/h3-11,13,27H,2H2,1H3,(H,26,28). The van der Waals surface area contributed by atoms with E-state index in [1.54, 1.807) is 48.7 Å². The van der Waals surface area contributed by atoms with Crippen LogP contribution in [-0.4, -0.2) is 23.6 Å². The number of nitrogens with one attached hydrogen (secondary N) is 1. The number of thiophene rings is 1. The van der Waals surface area contributed by atoms with Gasteiger partial charge < -0.3 is 15.2 Å². The number of nitrogens with zero attached hydrogens (tertiary/aromatic N) is 1. The fourth-order valence-electron chi connectivity index (χ4n) is 2.75. The van der Waals surface area contributed by atoms with Crippen molar-refractivity contribution in [1.29, 1.82) is 5.26 Å². The molecule has 8 heteroatoms. The number of carbonyl (C=O) groups is 2. The molecule has 0 atom stereocenters. The van der Waals surface area contributed by atoms with Crippen LogP contribution in [0, 0.1) is 11.3 Å². The molecule has 0 saturated carbocycles. The summed E-state index contributed by atoms with van der Waals surface area (Å²) in [6, 6.07) is 14.9. The lowest BCUT2D eigenvalue weighted by molar-refractivity contribution is -0.112. The van der Waals surface area contributed by atoms with Crippen LogP contribution in [0.4, 0.5) is 5.00 Å². The lowest BCUT2D eigenvalue weighted by Crippen LogP contribution is -2.16. The lowest BCUT2D eigenvalue weighted by atomic mass is 10.0. The highest BCUT2D eigenvalue weighted by Gasteiger charge is 2.23. The van der Waals surface area contributed by atoms with Crippen LogP contribution in [0.15, 0.2) is 59.5 Å². The topological polar surface area (TPSA) is 99.4 Å². The van der Waals surface area contributed by atoms with Crippen LogP contribution < -0.4 is 5.32 Å². The van der Waals surface area contributed by atoms with Gasteiger partial charge in [0, 0.05) is 16.0 Å². The van der Waals surface area contributed by atoms with Gasteiger partial charge in [-0.05, 0) is 48.4 Å². The number of anilines is 1. The van der Waals surface area contributed by atoms with E-state index in [4.69, 9.17) is 16.3 Å². The second-order valence-corrected chi connectivity index (χ2v) is 7.61. The second-order valence-electron chi connectivity index (χ2n) is 6.30. The molecule has 0 aliphatic heterocycles. The van der Waals surface area contributed by atoms with Crippen molar-refractivity contribution in [2.75, 3.05) is 11.9 Å². The van der Waals surface area contributed by atoms with Gasteiger partial charge in [-0.1, -0.05) is 35.9 Å². The Morgan fingerprint density at radius 1 is 1.19 bits per heavy atom. The molecule has 2 aromatic carbocycles. The van der Waals surface area contributed by atoms with E-state index in [9.17, 15) is 20.0 Å². The van der Waals surface area contributed by atoms with Crippen LogP contribution in [0.1, 0.15) is 22.8 Å². The first-order chi connectivity index (χ1) is 14.9. The summed E-state index contributed by atoms with van der Waals surface area (Å²) in [7, 11) is 0. The molecule has 3 aromatic rings. The van der Waals surface area contributed by atoms with Crippen molar-refractivity contribution in [2.24, 2.45) is 0 Å². The minimum atomic E-state index is -0.661. The normalized spacial score (nSPS) is 10.9. The molecule has 0 aliphatic carbocycles. The molecule has 0 radical (unpaired) electrons. The van der Waals surface area contributed by atoms with E-state index >= 15 is 0 Å². The van der Waals surface area contributed by atoms with Crippen molar-refractivity contribution in [3.05, 3.63) is 75.6 Å². The molecule has 0 aliphatic rings. The summed E-state index contributed by atoms with van der Waals surface area (Å²) in [5, 5.41) is 24.0. The lowest BCUT2D eigenvalue weighted by Gasteiger charge is -2.09. The number of hydrogen-bond acceptors (Lipinski definition) is 6. The molecule has 0 saturated heterocycles. The van der Waals surface area contributed by atoms with Gasteiger partial charge in [-0.3, -0.25) is 4.79 Å². The first kappa shape index (κ1) is 22.1. The third-order valence-electron chi connectivity index (χ3n) is 4.22. The molecule has 0 fully saturated rings.